The molecule has 5 rings (SSSR count). The molecular weight excluding hydrogens is 350 g/mol. The fourth-order valence-corrected chi connectivity index (χ4v) is 4.59. The monoisotopic (exact) mass is 369 g/mol. The molecule has 1 aliphatic carbocycles. The van der Waals surface area contributed by atoms with Gasteiger partial charge >= 0.3 is 0 Å². The van der Waals surface area contributed by atoms with E-state index in [4.69, 9.17) is 21.6 Å². The molecule has 1 fully saturated rings. The molecule has 0 N–H and O–H groups in total. The van der Waals surface area contributed by atoms with E-state index in [0.717, 1.165) is 36.0 Å². The second kappa shape index (κ2) is 5.84. The van der Waals surface area contributed by atoms with Crippen LogP contribution in [0.2, 0.25) is 0 Å². The van der Waals surface area contributed by atoms with Gasteiger partial charge in [0.2, 0.25) is 5.96 Å². The highest BCUT2D eigenvalue weighted by Gasteiger charge is 2.49. The third-order valence-electron chi connectivity index (χ3n) is 5.64. The number of imidazole rings is 1. The first kappa shape index (κ1) is 15.9. The van der Waals surface area contributed by atoms with Crippen LogP contribution in [-0.2, 0) is 12.4 Å². The number of carbonyl (C=O) groups is 1. The summed E-state index contributed by atoms with van der Waals surface area (Å²) < 4.78 is 1.97. The summed E-state index contributed by atoms with van der Waals surface area (Å²) in [5.41, 5.74) is 1.74. The Hall–Kier alpha value is -2.34. The van der Waals surface area contributed by atoms with Crippen LogP contribution in [0.1, 0.15) is 41.1 Å². The van der Waals surface area contributed by atoms with Gasteiger partial charge in [-0.1, -0.05) is 30.3 Å². The summed E-state index contributed by atoms with van der Waals surface area (Å²) in [4.78, 5) is 26.6. The average Bonchev–Trinajstić information content (AvgIpc) is 3.33. The van der Waals surface area contributed by atoms with Crippen LogP contribution in [0.25, 0.3) is 0 Å². The van der Waals surface area contributed by atoms with Gasteiger partial charge < -0.3 is 4.57 Å². The average molecular weight is 370 g/mol. The van der Waals surface area contributed by atoms with Crippen molar-refractivity contribution in [1.29, 1.82) is 0 Å². The molecular formula is C19H20ClN5O. The lowest BCUT2D eigenvalue weighted by atomic mass is 10.1. The molecule has 2 aromatic rings. The summed E-state index contributed by atoms with van der Waals surface area (Å²) in [6.07, 6.45) is 3.33. The number of carbonyl (C=O) groups excluding carboxylic acids is 1. The Bertz CT molecular complexity index is 906. The molecule has 2 aliphatic heterocycles. The number of aliphatic imine (C=N–C) groups is 1. The van der Waals surface area contributed by atoms with Gasteiger partial charge in [0.15, 0.2) is 11.5 Å². The van der Waals surface area contributed by atoms with E-state index < -0.39 is 0 Å². The van der Waals surface area contributed by atoms with E-state index in [1.54, 1.807) is 11.9 Å². The number of alkyl halides is 1. The van der Waals surface area contributed by atoms with Crippen molar-refractivity contribution in [2.75, 3.05) is 11.9 Å². The molecule has 1 amide bonds. The van der Waals surface area contributed by atoms with Crippen molar-refractivity contribution < 1.29 is 4.79 Å². The quantitative estimate of drug-likeness (QED) is 0.782. The predicted octanol–water partition coefficient (Wildman–Crippen LogP) is 2.85. The van der Waals surface area contributed by atoms with Crippen molar-refractivity contribution in [3.05, 3.63) is 47.4 Å². The molecule has 134 valence electrons. The standard InChI is InChI=1S/C19H20ClN5O/c1-23-18(26)16-17(25-14-9-5-8-13(14)21-19(23)25)22-15(10-20)24(16)11-12-6-3-2-4-7-12/h2-4,6-7,13-14H,5,8-11H2,1H3/t13-,14+/m1/s1. The Morgan fingerprint density at radius 2 is 2.04 bits per heavy atom. The van der Waals surface area contributed by atoms with Crippen molar-refractivity contribution in [3.8, 4) is 0 Å². The normalized spacial score (nSPS) is 23.8. The van der Waals surface area contributed by atoms with Gasteiger partial charge in [-0.15, -0.1) is 11.6 Å². The maximum atomic E-state index is 13.1. The van der Waals surface area contributed by atoms with Gasteiger partial charge in [-0.3, -0.25) is 14.6 Å². The summed E-state index contributed by atoms with van der Waals surface area (Å²) >= 11 is 6.20. The first-order valence-corrected chi connectivity index (χ1v) is 9.57. The number of aromatic nitrogens is 2. The number of benzene rings is 1. The molecule has 2 atom stereocenters. The van der Waals surface area contributed by atoms with Gasteiger partial charge in [-0.05, 0) is 24.8 Å². The van der Waals surface area contributed by atoms with Crippen LogP contribution in [-0.4, -0.2) is 45.4 Å². The Kier molecular flexibility index (Phi) is 3.57. The Labute approximate surface area is 157 Å². The number of hydrogen-bond acceptors (Lipinski definition) is 4. The van der Waals surface area contributed by atoms with E-state index in [0.29, 0.717) is 18.3 Å². The third kappa shape index (κ3) is 2.14. The van der Waals surface area contributed by atoms with Crippen LogP contribution < -0.4 is 4.90 Å². The largest absolute Gasteiger partial charge is 0.317 e. The third-order valence-corrected chi connectivity index (χ3v) is 5.88. The molecule has 0 spiro atoms. The zero-order valence-electron chi connectivity index (χ0n) is 14.6. The fraction of sp³-hybridized carbons (Fsp3) is 0.421. The minimum atomic E-state index is -0.0604. The lowest BCUT2D eigenvalue weighted by Gasteiger charge is -2.34. The van der Waals surface area contributed by atoms with E-state index in [1.165, 1.54) is 6.42 Å². The summed E-state index contributed by atoms with van der Waals surface area (Å²) in [6, 6.07) is 10.7. The van der Waals surface area contributed by atoms with Gasteiger partial charge in [0.1, 0.15) is 5.82 Å². The van der Waals surface area contributed by atoms with E-state index in [2.05, 4.69) is 17.0 Å². The first-order valence-electron chi connectivity index (χ1n) is 9.03. The second-order valence-corrected chi connectivity index (χ2v) is 7.40. The van der Waals surface area contributed by atoms with Crippen LogP contribution >= 0.6 is 11.6 Å². The molecule has 7 heteroatoms. The lowest BCUT2D eigenvalue weighted by molar-refractivity contribution is 0.0854. The number of amides is 1. The first-order chi connectivity index (χ1) is 12.7. The minimum Gasteiger partial charge on any atom is -0.317 e. The summed E-state index contributed by atoms with van der Waals surface area (Å²) in [7, 11) is 1.80. The smallest absolute Gasteiger partial charge is 0.280 e. The SMILES string of the molecule is CN1C(=O)c2c(nc(CCl)n2Cc2ccccc2)N2C1=N[C@@H]1CCC[C@@H]12. The van der Waals surface area contributed by atoms with Gasteiger partial charge in [0, 0.05) is 13.6 Å². The molecule has 3 heterocycles. The number of nitrogens with zero attached hydrogens (tertiary/aromatic N) is 5. The number of anilines is 1. The lowest BCUT2D eigenvalue weighted by Crippen LogP contribution is -2.51. The molecule has 6 nitrogen and oxygen atoms in total. The molecule has 3 aliphatic rings. The molecule has 26 heavy (non-hydrogen) atoms. The number of fused-ring (bicyclic) bond motifs is 5. The highest BCUT2D eigenvalue weighted by molar-refractivity contribution is 6.19. The molecule has 0 radical (unpaired) electrons. The van der Waals surface area contributed by atoms with Crippen LogP contribution in [0.3, 0.4) is 0 Å². The number of halogens is 1. The fourth-order valence-electron chi connectivity index (χ4n) is 4.38. The Balaban J connectivity index is 1.65. The van der Waals surface area contributed by atoms with E-state index >= 15 is 0 Å². The molecule has 0 unspecified atom stereocenters. The van der Waals surface area contributed by atoms with Crippen molar-refractivity contribution in [2.45, 2.75) is 43.8 Å². The molecule has 0 bridgehead atoms. The van der Waals surface area contributed by atoms with E-state index in [1.807, 2.05) is 22.8 Å². The highest BCUT2D eigenvalue weighted by atomic mass is 35.5. The Morgan fingerprint density at radius 1 is 1.23 bits per heavy atom. The van der Waals surface area contributed by atoms with Crippen molar-refractivity contribution in [3.63, 3.8) is 0 Å². The van der Waals surface area contributed by atoms with Crippen LogP contribution in [0.15, 0.2) is 35.3 Å². The highest BCUT2D eigenvalue weighted by Crippen LogP contribution is 2.40. The number of guanidine groups is 1. The van der Waals surface area contributed by atoms with Crippen molar-refractivity contribution in [1.82, 2.24) is 14.5 Å². The zero-order chi connectivity index (χ0) is 17.8. The maximum absolute atomic E-state index is 13.1. The second-order valence-electron chi connectivity index (χ2n) is 7.13. The van der Waals surface area contributed by atoms with Crippen LogP contribution in [0, 0.1) is 0 Å². The Morgan fingerprint density at radius 3 is 2.81 bits per heavy atom. The zero-order valence-corrected chi connectivity index (χ0v) is 15.4. The maximum Gasteiger partial charge on any atom is 0.280 e. The van der Waals surface area contributed by atoms with Crippen molar-refractivity contribution in [2.24, 2.45) is 4.99 Å². The summed E-state index contributed by atoms with van der Waals surface area (Å²) in [6.45, 7) is 0.583. The number of rotatable bonds is 3. The van der Waals surface area contributed by atoms with Gasteiger partial charge in [-0.2, -0.15) is 0 Å². The molecule has 1 aromatic carbocycles. The van der Waals surface area contributed by atoms with Crippen molar-refractivity contribution >= 4 is 29.3 Å². The van der Waals surface area contributed by atoms with E-state index in [9.17, 15) is 4.79 Å². The number of hydrogen-bond donors (Lipinski definition) is 0. The van der Waals surface area contributed by atoms with Gasteiger partial charge in [-0.25, -0.2) is 9.98 Å². The van der Waals surface area contributed by atoms with E-state index in [-0.39, 0.29) is 17.8 Å². The van der Waals surface area contributed by atoms with Crippen LogP contribution in [0.4, 0.5) is 5.82 Å². The minimum absolute atomic E-state index is 0.0604. The topological polar surface area (TPSA) is 53.7 Å². The summed E-state index contributed by atoms with van der Waals surface area (Å²) in [5, 5.41) is 0. The molecule has 0 saturated heterocycles. The predicted molar refractivity (Wildman–Crippen MR) is 101 cm³/mol. The molecule has 1 aromatic heterocycles. The van der Waals surface area contributed by atoms with Crippen LogP contribution in [0.5, 0.6) is 0 Å². The molecule has 1 saturated carbocycles. The van der Waals surface area contributed by atoms with Gasteiger partial charge in [0.25, 0.3) is 5.91 Å². The summed E-state index contributed by atoms with van der Waals surface area (Å²) in [5.74, 6) is 2.40. The van der Waals surface area contributed by atoms with Gasteiger partial charge in [0.05, 0.1) is 18.0 Å².